The number of nitrogens with zero attached hydrogens (tertiary/aromatic N) is 2. The predicted molar refractivity (Wildman–Crippen MR) is 93.9 cm³/mol. The summed E-state index contributed by atoms with van der Waals surface area (Å²) in [7, 11) is 0. The molecule has 1 saturated heterocycles. The number of carbonyl (C=O) groups is 2. The predicted octanol–water partition coefficient (Wildman–Crippen LogP) is 2.03. The lowest BCUT2D eigenvalue weighted by molar-refractivity contribution is -0.385. The lowest BCUT2D eigenvalue weighted by atomic mass is 9.92. The standard InChI is InChI=1S/C18H22N2O7/c1-11-5-12(2)9-19(8-11)17(21)10-27-18(22)13-6-15-16(26-4-3-25-15)7-14(13)20(23)24/h6-7,11-12H,3-5,8-10H2,1-2H3/t11-,12-/m1/s1. The molecule has 0 saturated carbocycles. The quantitative estimate of drug-likeness (QED) is 0.448. The highest BCUT2D eigenvalue weighted by Crippen LogP contribution is 2.36. The molecule has 0 spiro atoms. The summed E-state index contributed by atoms with van der Waals surface area (Å²) < 4.78 is 15.7. The van der Waals surface area contributed by atoms with E-state index >= 15 is 0 Å². The first-order valence-electron chi connectivity index (χ1n) is 8.88. The summed E-state index contributed by atoms with van der Waals surface area (Å²) in [5, 5.41) is 11.3. The normalized spacial score (nSPS) is 21.5. The summed E-state index contributed by atoms with van der Waals surface area (Å²) in [6.07, 6.45) is 1.05. The van der Waals surface area contributed by atoms with E-state index in [-0.39, 0.29) is 36.2 Å². The molecule has 2 heterocycles. The smallest absolute Gasteiger partial charge is 0.345 e. The monoisotopic (exact) mass is 378 g/mol. The fourth-order valence-corrected chi connectivity index (χ4v) is 3.56. The Balaban J connectivity index is 1.70. The molecular weight excluding hydrogens is 356 g/mol. The van der Waals surface area contributed by atoms with Gasteiger partial charge in [-0.25, -0.2) is 4.79 Å². The van der Waals surface area contributed by atoms with Gasteiger partial charge in [-0.3, -0.25) is 14.9 Å². The Morgan fingerprint density at radius 3 is 2.37 bits per heavy atom. The molecule has 2 aliphatic heterocycles. The van der Waals surface area contributed by atoms with Crippen LogP contribution >= 0.6 is 0 Å². The molecule has 2 atom stereocenters. The van der Waals surface area contributed by atoms with Crippen molar-refractivity contribution in [2.75, 3.05) is 32.9 Å². The zero-order valence-corrected chi connectivity index (χ0v) is 15.3. The molecule has 3 rings (SSSR count). The number of likely N-dealkylation sites (tertiary alicyclic amines) is 1. The lowest BCUT2D eigenvalue weighted by Crippen LogP contribution is -2.44. The van der Waals surface area contributed by atoms with Crippen LogP contribution in [0.1, 0.15) is 30.6 Å². The van der Waals surface area contributed by atoms with Gasteiger partial charge in [0.15, 0.2) is 18.1 Å². The molecule has 0 bridgehead atoms. The molecular formula is C18H22N2O7. The topological polar surface area (TPSA) is 108 Å². The zero-order valence-electron chi connectivity index (χ0n) is 15.3. The van der Waals surface area contributed by atoms with Gasteiger partial charge in [0.1, 0.15) is 18.8 Å². The lowest BCUT2D eigenvalue weighted by Gasteiger charge is -2.34. The number of ether oxygens (including phenoxy) is 3. The van der Waals surface area contributed by atoms with Gasteiger partial charge in [-0.2, -0.15) is 0 Å². The number of rotatable bonds is 4. The summed E-state index contributed by atoms with van der Waals surface area (Å²) in [4.78, 5) is 37.0. The number of fused-ring (bicyclic) bond motifs is 1. The summed E-state index contributed by atoms with van der Waals surface area (Å²) in [6.45, 7) is 5.47. The molecule has 0 aromatic heterocycles. The average Bonchev–Trinajstić information content (AvgIpc) is 2.63. The van der Waals surface area contributed by atoms with Crippen LogP contribution in [0.25, 0.3) is 0 Å². The first-order valence-corrected chi connectivity index (χ1v) is 8.88. The maximum Gasteiger partial charge on any atom is 0.345 e. The van der Waals surface area contributed by atoms with Crippen LogP contribution in [0.5, 0.6) is 11.5 Å². The van der Waals surface area contributed by atoms with Crippen LogP contribution in [-0.2, 0) is 9.53 Å². The van der Waals surface area contributed by atoms with E-state index in [1.54, 1.807) is 4.90 Å². The number of nitro groups is 1. The van der Waals surface area contributed by atoms with Gasteiger partial charge in [-0.15, -0.1) is 0 Å². The molecule has 1 fully saturated rings. The highest BCUT2D eigenvalue weighted by molar-refractivity contribution is 5.96. The molecule has 9 nitrogen and oxygen atoms in total. The molecule has 0 radical (unpaired) electrons. The van der Waals surface area contributed by atoms with Crippen molar-refractivity contribution >= 4 is 17.6 Å². The zero-order chi connectivity index (χ0) is 19.6. The molecule has 0 aliphatic carbocycles. The van der Waals surface area contributed by atoms with E-state index in [2.05, 4.69) is 13.8 Å². The maximum atomic E-state index is 12.4. The number of nitro benzene ring substituents is 1. The van der Waals surface area contributed by atoms with Crippen LogP contribution in [0.4, 0.5) is 5.69 Å². The van der Waals surface area contributed by atoms with E-state index in [0.29, 0.717) is 24.9 Å². The number of benzene rings is 1. The Bertz CT molecular complexity index is 754. The van der Waals surface area contributed by atoms with Gasteiger partial charge in [0.2, 0.25) is 0 Å². The van der Waals surface area contributed by atoms with E-state index in [1.807, 2.05) is 0 Å². The molecule has 0 unspecified atom stereocenters. The SMILES string of the molecule is C[C@@H]1C[C@@H](C)CN(C(=O)COC(=O)c2cc3c(cc2[N+](=O)[O-])OCCO3)C1. The second kappa shape index (κ2) is 7.81. The Hall–Kier alpha value is -2.84. The summed E-state index contributed by atoms with van der Waals surface area (Å²) >= 11 is 0. The van der Waals surface area contributed by atoms with Gasteiger partial charge in [0.05, 0.1) is 11.0 Å². The molecule has 1 amide bonds. The van der Waals surface area contributed by atoms with E-state index < -0.39 is 23.2 Å². The van der Waals surface area contributed by atoms with Crippen molar-refractivity contribution < 1.29 is 28.7 Å². The van der Waals surface area contributed by atoms with Crippen molar-refractivity contribution in [2.45, 2.75) is 20.3 Å². The van der Waals surface area contributed by atoms with Crippen molar-refractivity contribution in [1.82, 2.24) is 4.90 Å². The molecule has 1 aromatic carbocycles. The van der Waals surface area contributed by atoms with Crippen molar-refractivity contribution in [3.8, 4) is 11.5 Å². The van der Waals surface area contributed by atoms with Gasteiger partial charge >= 0.3 is 5.97 Å². The van der Waals surface area contributed by atoms with Crippen LogP contribution in [0.2, 0.25) is 0 Å². The summed E-state index contributed by atoms with van der Waals surface area (Å²) in [5.41, 5.74) is -0.714. The summed E-state index contributed by atoms with van der Waals surface area (Å²) in [6, 6.07) is 2.37. The minimum atomic E-state index is -0.940. The summed E-state index contributed by atoms with van der Waals surface area (Å²) in [5.74, 6) is -0.0349. The van der Waals surface area contributed by atoms with Crippen molar-refractivity contribution in [3.05, 3.63) is 27.8 Å². The Kier molecular flexibility index (Phi) is 5.48. The number of carbonyl (C=O) groups excluding carboxylic acids is 2. The first kappa shape index (κ1) is 18.9. The second-order valence-electron chi connectivity index (χ2n) is 7.09. The molecule has 9 heteroatoms. The van der Waals surface area contributed by atoms with Crippen molar-refractivity contribution in [1.29, 1.82) is 0 Å². The fourth-order valence-electron chi connectivity index (χ4n) is 3.56. The van der Waals surface area contributed by atoms with Crippen LogP contribution in [0.15, 0.2) is 12.1 Å². The second-order valence-corrected chi connectivity index (χ2v) is 7.09. The largest absolute Gasteiger partial charge is 0.486 e. The Morgan fingerprint density at radius 2 is 1.78 bits per heavy atom. The van der Waals surface area contributed by atoms with Gasteiger partial charge < -0.3 is 19.1 Å². The number of esters is 1. The maximum absolute atomic E-state index is 12.4. The first-order chi connectivity index (χ1) is 12.8. The van der Waals surface area contributed by atoms with Crippen LogP contribution < -0.4 is 9.47 Å². The minimum absolute atomic E-state index is 0.205. The average molecular weight is 378 g/mol. The minimum Gasteiger partial charge on any atom is -0.486 e. The molecule has 1 aromatic rings. The van der Waals surface area contributed by atoms with E-state index in [4.69, 9.17) is 14.2 Å². The van der Waals surface area contributed by atoms with Crippen molar-refractivity contribution in [2.24, 2.45) is 11.8 Å². The molecule has 146 valence electrons. The van der Waals surface area contributed by atoms with Crippen molar-refractivity contribution in [3.63, 3.8) is 0 Å². The van der Waals surface area contributed by atoms with E-state index in [1.165, 1.54) is 6.07 Å². The van der Waals surface area contributed by atoms with Gasteiger partial charge in [-0.1, -0.05) is 13.8 Å². The molecule has 2 aliphatic rings. The van der Waals surface area contributed by atoms with Crippen LogP contribution in [0, 0.1) is 22.0 Å². The van der Waals surface area contributed by atoms with E-state index in [0.717, 1.165) is 12.5 Å². The van der Waals surface area contributed by atoms with E-state index in [9.17, 15) is 19.7 Å². The highest BCUT2D eigenvalue weighted by Gasteiger charge is 2.29. The molecule has 27 heavy (non-hydrogen) atoms. The number of amides is 1. The molecule has 0 N–H and O–H groups in total. The highest BCUT2D eigenvalue weighted by atomic mass is 16.6. The number of hydrogen-bond donors (Lipinski definition) is 0. The number of hydrogen-bond acceptors (Lipinski definition) is 7. The third-order valence-corrected chi connectivity index (χ3v) is 4.63. The third-order valence-electron chi connectivity index (χ3n) is 4.63. The fraction of sp³-hybridized carbons (Fsp3) is 0.556. The Morgan fingerprint density at radius 1 is 1.19 bits per heavy atom. The van der Waals surface area contributed by atoms with Gasteiger partial charge in [0, 0.05) is 19.2 Å². The Labute approximate surface area is 156 Å². The number of piperidine rings is 1. The van der Waals surface area contributed by atoms with Crippen LogP contribution in [0.3, 0.4) is 0 Å². The van der Waals surface area contributed by atoms with Crippen LogP contribution in [-0.4, -0.2) is 54.6 Å². The third kappa shape index (κ3) is 4.29. The van der Waals surface area contributed by atoms with Gasteiger partial charge in [0.25, 0.3) is 11.6 Å². The van der Waals surface area contributed by atoms with Gasteiger partial charge in [-0.05, 0) is 18.3 Å².